The highest BCUT2D eigenvalue weighted by Gasteiger charge is 2.38. The van der Waals surface area contributed by atoms with Crippen LogP contribution in [-0.2, 0) is 9.47 Å². The maximum Gasteiger partial charge on any atom is 0.0734 e. The molecule has 0 radical (unpaired) electrons. The second kappa shape index (κ2) is 8.93. The van der Waals surface area contributed by atoms with Gasteiger partial charge in [0.1, 0.15) is 0 Å². The van der Waals surface area contributed by atoms with Crippen LogP contribution in [0.5, 0.6) is 0 Å². The summed E-state index contributed by atoms with van der Waals surface area (Å²) in [6, 6.07) is 0.479. The molecule has 0 heterocycles. The number of hydrogen-bond acceptors (Lipinski definition) is 3. The molecule has 1 fully saturated rings. The molecule has 0 aromatic rings. The van der Waals surface area contributed by atoms with Crippen LogP contribution in [0.15, 0.2) is 0 Å². The van der Waals surface area contributed by atoms with E-state index in [-0.39, 0.29) is 0 Å². The minimum absolute atomic E-state index is 0.336. The Kier molecular flexibility index (Phi) is 7.96. The highest BCUT2D eigenvalue weighted by atomic mass is 16.5. The molecule has 0 aromatic carbocycles. The van der Waals surface area contributed by atoms with Crippen molar-refractivity contribution < 1.29 is 9.47 Å². The summed E-state index contributed by atoms with van der Waals surface area (Å²) in [7, 11) is 0. The quantitative estimate of drug-likeness (QED) is 0.652. The normalized spacial score (nSPS) is 26.5. The Hall–Kier alpha value is -0.120. The van der Waals surface area contributed by atoms with E-state index in [1.54, 1.807) is 0 Å². The first-order valence-electron chi connectivity index (χ1n) is 8.04. The molecule has 2 unspecified atom stereocenters. The minimum atomic E-state index is 0.336. The van der Waals surface area contributed by atoms with Gasteiger partial charge < -0.3 is 14.8 Å². The van der Waals surface area contributed by atoms with Crippen molar-refractivity contribution in [1.82, 2.24) is 5.32 Å². The van der Waals surface area contributed by atoms with Crippen molar-refractivity contribution >= 4 is 0 Å². The lowest BCUT2D eigenvalue weighted by Gasteiger charge is -2.44. The zero-order valence-corrected chi connectivity index (χ0v) is 13.3. The standard InChI is InChI=1S/C16H33NO2/c1-5-10-17-15-14(8-7-9-16(15,3)4)19-13-12-18-11-6-2/h14-15,17H,5-13H2,1-4H3. The van der Waals surface area contributed by atoms with Gasteiger partial charge in [-0.3, -0.25) is 0 Å². The smallest absolute Gasteiger partial charge is 0.0734 e. The van der Waals surface area contributed by atoms with E-state index in [1.165, 1.54) is 25.7 Å². The van der Waals surface area contributed by atoms with Crippen LogP contribution >= 0.6 is 0 Å². The van der Waals surface area contributed by atoms with E-state index in [1.807, 2.05) is 0 Å². The van der Waals surface area contributed by atoms with E-state index >= 15 is 0 Å². The SMILES string of the molecule is CCCNC1C(OCCOCCC)CCCC1(C)C. The van der Waals surface area contributed by atoms with E-state index < -0.39 is 0 Å². The van der Waals surface area contributed by atoms with Crippen molar-refractivity contribution in [3.8, 4) is 0 Å². The average molecular weight is 271 g/mol. The zero-order chi connectivity index (χ0) is 14.1. The maximum atomic E-state index is 6.09. The summed E-state index contributed by atoms with van der Waals surface area (Å²) in [5, 5.41) is 3.70. The highest BCUT2D eigenvalue weighted by molar-refractivity contribution is 4.94. The highest BCUT2D eigenvalue weighted by Crippen LogP contribution is 2.37. The molecule has 1 saturated carbocycles. The fourth-order valence-corrected chi connectivity index (χ4v) is 2.98. The van der Waals surface area contributed by atoms with Gasteiger partial charge >= 0.3 is 0 Å². The van der Waals surface area contributed by atoms with E-state index in [2.05, 4.69) is 33.0 Å². The topological polar surface area (TPSA) is 30.5 Å². The van der Waals surface area contributed by atoms with Gasteiger partial charge in [-0.15, -0.1) is 0 Å². The Balaban J connectivity index is 2.38. The van der Waals surface area contributed by atoms with Gasteiger partial charge in [-0.25, -0.2) is 0 Å². The predicted molar refractivity (Wildman–Crippen MR) is 80.6 cm³/mol. The van der Waals surface area contributed by atoms with Gasteiger partial charge in [0, 0.05) is 12.6 Å². The summed E-state index contributed by atoms with van der Waals surface area (Å²) in [5.41, 5.74) is 0.336. The molecule has 1 N–H and O–H groups in total. The molecule has 114 valence electrons. The average Bonchev–Trinajstić information content (AvgIpc) is 2.37. The van der Waals surface area contributed by atoms with Crippen LogP contribution in [0.1, 0.15) is 59.8 Å². The number of nitrogens with one attached hydrogen (secondary N) is 1. The van der Waals surface area contributed by atoms with Gasteiger partial charge in [-0.2, -0.15) is 0 Å². The third-order valence-electron chi connectivity index (χ3n) is 4.05. The lowest BCUT2D eigenvalue weighted by atomic mass is 9.71. The van der Waals surface area contributed by atoms with Crippen molar-refractivity contribution in [2.75, 3.05) is 26.4 Å². The largest absolute Gasteiger partial charge is 0.379 e. The van der Waals surface area contributed by atoms with E-state index in [9.17, 15) is 0 Å². The second-order valence-electron chi connectivity index (χ2n) is 6.33. The van der Waals surface area contributed by atoms with Crippen molar-refractivity contribution in [3.63, 3.8) is 0 Å². The third-order valence-corrected chi connectivity index (χ3v) is 4.05. The van der Waals surface area contributed by atoms with Crippen molar-refractivity contribution in [1.29, 1.82) is 0 Å². The van der Waals surface area contributed by atoms with Crippen LogP contribution in [0.25, 0.3) is 0 Å². The van der Waals surface area contributed by atoms with Crippen LogP contribution in [-0.4, -0.2) is 38.5 Å². The van der Waals surface area contributed by atoms with Crippen LogP contribution in [0.4, 0.5) is 0 Å². The Labute approximate surface area is 119 Å². The third kappa shape index (κ3) is 5.80. The van der Waals surface area contributed by atoms with Gasteiger partial charge in [0.15, 0.2) is 0 Å². The van der Waals surface area contributed by atoms with Crippen molar-refractivity contribution in [2.24, 2.45) is 5.41 Å². The van der Waals surface area contributed by atoms with Gasteiger partial charge in [0.25, 0.3) is 0 Å². The molecule has 3 nitrogen and oxygen atoms in total. The van der Waals surface area contributed by atoms with E-state index in [0.29, 0.717) is 17.6 Å². The molecule has 0 bridgehead atoms. The van der Waals surface area contributed by atoms with Crippen LogP contribution in [0, 0.1) is 5.41 Å². The molecule has 0 aliphatic heterocycles. The molecule has 0 spiro atoms. The van der Waals surface area contributed by atoms with Gasteiger partial charge in [-0.1, -0.05) is 34.1 Å². The molecule has 3 heteroatoms. The number of hydrogen-bond donors (Lipinski definition) is 1. The molecule has 1 aliphatic carbocycles. The molecule has 2 atom stereocenters. The summed E-state index contributed by atoms with van der Waals surface area (Å²) in [6.07, 6.45) is 6.35. The first-order valence-corrected chi connectivity index (χ1v) is 8.04. The molecule has 0 saturated heterocycles. The first-order chi connectivity index (χ1) is 9.11. The summed E-state index contributed by atoms with van der Waals surface area (Å²) in [6.45, 7) is 12.5. The van der Waals surface area contributed by atoms with Gasteiger partial charge in [0.2, 0.25) is 0 Å². The predicted octanol–water partition coefficient (Wildman–Crippen LogP) is 3.38. The molecular weight excluding hydrogens is 238 g/mol. The lowest BCUT2D eigenvalue weighted by Crippen LogP contribution is -2.53. The fraction of sp³-hybridized carbons (Fsp3) is 1.00. The number of ether oxygens (including phenoxy) is 2. The van der Waals surface area contributed by atoms with Crippen LogP contribution in [0.2, 0.25) is 0 Å². The Morgan fingerprint density at radius 2 is 1.89 bits per heavy atom. The van der Waals surface area contributed by atoms with Crippen LogP contribution < -0.4 is 5.32 Å². The molecule has 1 rings (SSSR count). The lowest BCUT2D eigenvalue weighted by molar-refractivity contribution is -0.0558. The summed E-state index contributed by atoms with van der Waals surface area (Å²) >= 11 is 0. The molecular formula is C16H33NO2. The monoisotopic (exact) mass is 271 g/mol. The van der Waals surface area contributed by atoms with Crippen molar-refractivity contribution in [3.05, 3.63) is 0 Å². The Bertz CT molecular complexity index is 231. The molecule has 0 amide bonds. The second-order valence-corrected chi connectivity index (χ2v) is 6.33. The summed E-state index contributed by atoms with van der Waals surface area (Å²) in [4.78, 5) is 0. The Morgan fingerprint density at radius 1 is 1.11 bits per heavy atom. The van der Waals surface area contributed by atoms with E-state index in [0.717, 1.165) is 32.8 Å². The van der Waals surface area contributed by atoms with Gasteiger partial charge in [0.05, 0.1) is 19.3 Å². The Morgan fingerprint density at radius 3 is 2.58 bits per heavy atom. The van der Waals surface area contributed by atoms with Crippen LogP contribution in [0.3, 0.4) is 0 Å². The van der Waals surface area contributed by atoms with Gasteiger partial charge in [-0.05, 0) is 37.6 Å². The minimum Gasteiger partial charge on any atom is -0.379 e. The first kappa shape index (κ1) is 16.9. The zero-order valence-electron chi connectivity index (χ0n) is 13.3. The fourth-order valence-electron chi connectivity index (χ4n) is 2.98. The maximum absolute atomic E-state index is 6.09. The molecule has 19 heavy (non-hydrogen) atoms. The van der Waals surface area contributed by atoms with E-state index in [4.69, 9.17) is 9.47 Å². The summed E-state index contributed by atoms with van der Waals surface area (Å²) < 4.78 is 11.6. The molecule has 0 aromatic heterocycles. The number of rotatable bonds is 9. The van der Waals surface area contributed by atoms with Crippen molar-refractivity contribution in [2.45, 2.75) is 71.9 Å². The summed E-state index contributed by atoms with van der Waals surface area (Å²) in [5.74, 6) is 0. The molecule has 1 aliphatic rings.